The first-order valence-corrected chi connectivity index (χ1v) is 10.7. The zero-order valence-electron chi connectivity index (χ0n) is 18.9. The van der Waals surface area contributed by atoms with Crippen molar-refractivity contribution in [1.29, 1.82) is 5.41 Å². The number of carboxylic acid groups (broad SMARTS) is 1. The zero-order valence-corrected chi connectivity index (χ0v) is 18.9. The number of nitrogens with two attached hydrogens (primary N) is 1. The number of aromatic nitrogens is 2. The summed E-state index contributed by atoms with van der Waals surface area (Å²) < 4.78 is 1.82. The summed E-state index contributed by atoms with van der Waals surface area (Å²) in [4.78, 5) is 42.9. The number of carboxylic acids is 1. The summed E-state index contributed by atoms with van der Waals surface area (Å²) in [5.74, 6) is -1.82. The van der Waals surface area contributed by atoms with Crippen molar-refractivity contribution in [3.8, 4) is 0 Å². The third kappa shape index (κ3) is 4.93. The molecule has 0 aliphatic rings. The summed E-state index contributed by atoms with van der Waals surface area (Å²) in [7, 11) is 1.82. The van der Waals surface area contributed by atoms with E-state index in [9.17, 15) is 19.5 Å². The molecule has 9 heteroatoms. The third-order valence-corrected chi connectivity index (χ3v) is 5.68. The number of ketones is 1. The number of fused-ring (bicyclic) bond motifs is 1. The van der Waals surface area contributed by atoms with Gasteiger partial charge >= 0.3 is 5.97 Å². The van der Waals surface area contributed by atoms with Gasteiger partial charge in [0.25, 0.3) is 5.91 Å². The van der Waals surface area contributed by atoms with Gasteiger partial charge in [-0.3, -0.25) is 29.7 Å². The number of amides is 1. The number of Topliss-reactive ketones (excluding diaryl/α,β-unsaturated/α-hetero) is 1. The van der Waals surface area contributed by atoms with Crippen LogP contribution in [0.25, 0.3) is 10.9 Å². The molecule has 2 heterocycles. The summed E-state index contributed by atoms with van der Waals surface area (Å²) in [5.41, 5.74) is 8.75. The lowest BCUT2D eigenvalue weighted by molar-refractivity contribution is -0.135. The van der Waals surface area contributed by atoms with Crippen LogP contribution >= 0.6 is 0 Å². The van der Waals surface area contributed by atoms with Crippen LogP contribution in [0.4, 0.5) is 5.69 Å². The number of hydrogen-bond donors (Lipinski definition) is 3. The van der Waals surface area contributed by atoms with Gasteiger partial charge in [0, 0.05) is 65.3 Å². The fourth-order valence-corrected chi connectivity index (χ4v) is 3.92. The van der Waals surface area contributed by atoms with Crippen LogP contribution in [0.2, 0.25) is 0 Å². The van der Waals surface area contributed by atoms with Gasteiger partial charge < -0.3 is 15.4 Å². The summed E-state index contributed by atoms with van der Waals surface area (Å²) in [6, 6.07) is 15.0. The number of carbonyl (C=O) groups excluding carboxylic acids is 2. The standard InChI is InChI=1S/C26H23N5O4/c1-30-14-21(23(32)12-16-2-4-17(5-3-16)25(27)28)20-13-19(6-7-22(20)30)31(15-24(33)34)26(35)18-8-10-29-11-9-18/h2-11,13-14H,12,15H2,1H3,(H3,27,28)(H,33,34). The van der Waals surface area contributed by atoms with Crippen LogP contribution in [0.5, 0.6) is 0 Å². The molecule has 0 fully saturated rings. The molecule has 0 aliphatic carbocycles. The van der Waals surface area contributed by atoms with E-state index in [1.807, 2.05) is 11.6 Å². The van der Waals surface area contributed by atoms with Crippen molar-refractivity contribution in [3.63, 3.8) is 0 Å². The van der Waals surface area contributed by atoms with Gasteiger partial charge in [0.1, 0.15) is 12.4 Å². The Labute approximate surface area is 200 Å². The predicted molar refractivity (Wildman–Crippen MR) is 132 cm³/mol. The Morgan fingerprint density at radius 2 is 1.71 bits per heavy atom. The number of pyridine rings is 1. The van der Waals surface area contributed by atoms with Gasteiger partial charge in [-0.05, 0) is 35.9 Å². The fourth-order valence-electron chi connectivity index (χ4n) is 3.92. The molecule has 35 heavy (non-hydrogen) atoms. The van der Waals surface area contributed by atoms with E-state index in [0.29, 0.717) is 27.8 Å². The first-order chi connectivity index (χ1) is 16.7. The number of nitrogens with one attached hydrogen (secondary N) is 1. The normalized spacial score (nSPS) is 10.8. The molecule has 0 spiro atoms. The molecule has 176 valence electrons. The highest BCUT2D eigenvalue weighted by Crippen LogP contribution is 2.28. The number of hydrogen-bond acceptors (Lipinski definition) is 5. The van der Waals surface area contributed by atoms with E-state index in [2.05, 4.69) is 4.98 Å². The number of anilines is 1. The van der Waals surface area contributed by atoms with Crippen molar-refractivity contribution in [3.05, 3.63) is 95.4 Å². The van der Waals surface area contributed by atoms with Gasteiger partial charge in [-0.25, -0.2) is 0 Å². The SMILES string of the molecule is Cn1cc(C(=O)Cc2ccc(C(=N)N)cc2)c2cc(N(CC(=O)O)C(=O)c3ccncc3)ccc21. The van der Waals surface area contributed by atoms with E-state index >= 15 is 0 Å². The maximum atomic E-state index is 13.2. The van der Waals surface area contributed by atoms with Crippen LogP contribution in [0.1, 0.15) is 31.8 Å². The average molecular weight is 470 g/mol. The van der Waals surface area contributed by atoms with E-state index < -0.39 is 18.4 Å². The number of nitrogen functional groups attached to an aromatic ring is 1. The number of nitrogens with zero attached hydrogens (tertiary/aromatic N) is 3. The van der Waals surface area contributed by atoms with Crippen molar-refractivity contribution in [2.75, 3.05) is 11.4 Å². The number of amidine groups is 1. The Morgan fingerprint density at radius 1 is 1.03 bits per heavy atom. The van der Waals surface area contributed by atoms with Crippen LogP contribution in [0, 0.1) is 5.41 Å². The molecule has 0 aliphatic heterocycles. The predicted octanol–water partition coefficient (Wildman–Crippen LogP) is 3.01. The minimum Gasteiger partial charge on any atom is -0.480 e. The number of aliphatic carboxylic acids is 1. The maximum absolute atomic E-state index is 13.2. The average Bonchev–Trinajstić information content (AvgIpc) is 3.18. The van der Waals surface area contributed by atoms with Gasteiger partial charge in [-0.1, -0.05) is 24.3 Å². The molecular formula is C26H23N5O4. The second-order valence-electron chi connectivity index (χ2n) is 8.09. The molecule has 4 N–H and O–H groups in total. The quantitative estimate of drug-likeness (QED) is 0.206. The molecule has 0 saturated carbocycles. The summed E-state index contributed by atoms with van der Waals surface area (Å²) in [6.45, 7) is -0.536. The Kier molecular flexibility index (Phi) is 6.41. The molecular weight excluding hydrogens is 446 g/mol. The van der Waals surface area contributed by atoms with Crippen molar-refractivity contribution >= 4 is 40.1 Å². The number of aryl methyl sites for hydroxylation is 1. The van der Waals surface area contributed by atoms with Gasteiger partial charge in [-0.15, -0.1) is 0 Å². The molecule has 4 aromatic rings. The van der Waals surface area contributed by atoms with E-state index in [0.717, 1.165) is 11.1 Å². The van der Waals surface area contributed by atoms with Crippen molar-refractivity contribution in [2.45, 2.75) is 6.42 Å². The Balaban J connectivity index is 1.70. The first-order valence-electron chi connectivity index (χ1n) is 10.7. The number of rotatable bonds is 8. The number of benzene rings is 2. The van der Waals surface area contributed by atoms with Crippen molar-refractivity contribution < 1.29 is 19.5 Å². The highest BCUT2D eigenvalue weighted by Gasteiger charge is 2.22. The summed E-state index contributed by atoms with van der Waals surface area (Å²) in [5, 5.41) is 17.5. The molecule has 2 aromatic heterocycles. The summed E-state index contributed by atoms with van der Waals surface area (Å²) in [6.07, 6.45) is 4.79. The van der Waals surface area contributed by atoms with Crippen LogP contribution in [-0.2, 0) is 18.3 Å². The highest BCUT2D eigenvalue weighted by atomic mass is 16.4. The molecule has 0 radical (unpaired) electrons. The second-order valence-corrected chi connectivity index (χ2v) is 8.09. The third-order valence-electron chi connectivity index (χ3n) is 5.68. The highest BCUT2D eigenvalue weighted by molar-refractivity contribution is 6.12. The lowest BCUT2D eigenvalue weighted by Gasteiger charge is -2.21. The summed E-state index contributed by atoms with van der Waals surface area (Å²) >= 11 is 0. The minimum atomic E-state index is -1.16. The smallest absolute Gasteiger partial charge is 0.323 e. The molecule has 9 nitrogen and oxygen atoms in total. The molecule has 0 unspecified atom stereocenters. The fraction of sp³-hybridized carbons (Fsp3) is 0.115. The van der Waals surface area contributed by atoms with Gasteiger partial charge in [0.2, 0.25) is 0 Å². The van der Waals surface area contributed by atoms with Gasteiger partial charge in [0.15, 0.2) is 5.78 Å². The van der Waals surface area contributed by atoms with Crippen molar-refractivity contribution in [2.24, 2.45) is 12.8 Å². The molecule has 2 aromatic carbocycles. The van der Waals surface area contributed by atoms with Gasteiger partial charge in [0.05, 0.1) is 0 Å². The monoisotopic (exact) mass is 469 g/mol. The molecule has 0 bridgehead atoms. The molecule has 1 amide bonds. The largest absolute Gasteiger partial charge is 0.480 e. The van der Waals surface area contributed by atoms with Crippen LogP contribution in [0.15, 0.2) is 73.2 Å². The lowest BCUT2D eigenvalue weighted by Crippen LogP contribution is -2.35. The van der Waals surface area contributed by atoms with Gasteiger partial charge in [-0.2, -0.15) is 0 Å². The topological polar surface area (TPSA) is 142 Å². The first kappa shape index (κ1) is 23.4. The van der Waals surface area contributed by atoms with Crippen molar-refractivity contribution in [1.82, 2.24) is 9.55 Å². The molecule has 0 atom stereocenters. The van der Waals surface area contributed by atoms with Crippen LogP contribution in [-0.4, -0.2) is 44.7 Å². The lowest BCUT2D eigenvalue weighted by atomic mass is 10.0. The zero-order chi connectivity index (χ0) is 25.1. The van der Waals surface area contributed by atoms with Crippen LogP contribution in [0.3, 0.4) is 0 Å². The number of carbonyl (C=O) groups is 3. The Hall–Kier alpha value is -4.79. The van der Waals surface area contributed by atoms with Crippen LogP contribution < -0.4 is 10.6 Å². The molecule has 0 saturated heterocycles. The van der Waals surface area contributed by atoms with E-state index in [1.165, 1.54) is 29.4 Å². The Bertz CT molecular complexity index is 1440. The maximum Gasteiger partial charge on any atom is 0.323 e. The van der Waals surface area contributed by atoms with E-state index in [4.69, 9.17) is 11.1 Å². The minimum absolute atomic E-state index is 0.0447. The Morgan fingerprint density at radius 3 is 2.34 bits per heavy atom. The molecule has 4 rings (SSSR count). The second kappa shape index (κ2) is 9.60. The van der Waals surface area contributed by atoms with E-state index in [1.54, 1.807) is 48.7 Å². The van der Waals surface area contributed by atoms with E-state index in [-0.39, 0.29) is 18.0 Å².